The maximum atomic E-state index is 6.14. The summed E-state index contributed by atoms with van der Waals surface area (Å²) in [7, 11) is 0. The molecule has 0 spiro atoms. The molecule has 2 aliphatic carbocycles. The molecule has 2 saturated carbocycles. The van der Waals surface area contributed by atoms with Crippen molar-refractivity contribution in [1.82, 2.24) is 0 Å². The largest absolute Gasteiger partial charge is 0.457 e. The summed E-state index contributed by atoms with van der Waals surface area (Å²) in [6.45, 7) is 6.65. The third-order valence-corrected chi connectivity index (χ3v) is 7.42. The highest BCUT2D eigenvalue weighted by Crippen LogP contribution is 2.44. The van der Waals surface area contributed by atoms with E-state index in [1.165, 1.54) is 68.1 Å². The number of aryl methyl sites for hydroxylation is 2. The molecule has 0 aromatic heterocycles. The van der Waals surface area contributed by atoms with Crippen LogP contribution in [-0.2, 0) is 0 Å². The monoisotopic (exact) mass is 376 g/mol. The van der Waals surface area contributed by atoms with Crippen LogP contribution in [0, 0.1) is 31.6 Å². The molecule has 1 nitrogen and oxygen atoms in total. The fourth-order valence-electron chi connectivity index (χ4n) is 5.43. The Kier molecular flexibility index (Phi) is 6.09. The zero-order valence-corrected chi connectivity index (χ0v) is 17.9. The first kappa shape index (κ1) is 19.6. The summed E-state index contributed by atoms with van der Waals surface area (Å²) in [4.78, 5) is 0. The van der Waals surface area contributed by atoms with Gasteiger partial charge >= 0.3 is 0 Å². The van der Waals surface area contributed by atoms with Gasteiger partial charge in [0.1, 0.15) is 11.5 Å². The van der Waals surface area contributed by atoms with Gasteiger partial charge in [-0.2, -0.15) is 0 Å². The summed E-state index contributed by atoms with van der Waals surface area (Å²) >= 11 is 0. The standard InChI is InChI=1S/C27H36O/c1-19-5-8-22(9-6-19)23-10-12-24(13-11-23)25-14-16-26(17-15-25)28-27-18-20(2)4-7-21(27)3/h4,7,14-19,22-24H,5-6,8-13H2,1-3H3. The molecule has 28 heavy (non-hydrogen) atoms. The maximum absolute atomic E-state index is 6.14. The highest BCUT2D eigenvalue weighted by molar-refractivity contribution is 5.40. The van der Waals surface area contributed by atoms with E-state index in [4.69, 9.17) is 4.74 Å². The van der Waals surface area contributed by atoms with Gasteiger partial charge in [-0.25, -0.2) is 0 Å². The van der Waals surface area contributed by atoms with Crippen LogP contribution in [0.25, 0.3) is 0 Å². The van der Waals surface area contributed by atoms with Gasteiger partial charge in [0.2, 0.25) is 0 Å². The number of ether oxygens (including phenoxy) is 1. The molecule has 0 bridgehead atoms. The minimum atomic E-state index is 0.744. The zero-order valence-electron chi connectivity index (χ0n) is 17.9. The summed E-state index contributed by atoms with van der Waals surface area (Å²) < 4.78 is 6.14. The normalized spacial score (nSPS) is 28.1. The van der Waals surface area contributed by atoms with Crippen molar-refractivity contribution in [3.8, 4) is 11.5 Å². The van der Waals surface area contributed by atoms with Crippen molar-refractivity contribution >= 4 is 0 Å². The fraction of sp³-hybridized carbons (Fsp3) is 0.556. The van der Waals surface area contributed by atoms with Crippen LogP contribution in [0.1, 0.15) is 80.9 Å². The molecule has 2 fully saturated rings. The van der Waals surface area contributed by atoms with Crippen molar-refractivity contribution in [3.05, 3.63) is 59.2 Å². The van der Waals surface area contributed by atoms with Gasteiger partial charge in [-0.15, -0.1) is 0 Å². The summed E-state index contributed by atoms with van der Waals surface area (Å²) in [5.41, 5.74) is 3.93. The summed E-state index contributed by atoms with van der Waals surface area (Å²) in [5.74, 6) is 5.64. The third kappa shape index (κ3) is 4.62. The van der Waals surface area contributed by atoms with Crippen LogP contribution >= 0.6 is 0 Å². The minimum Gasteiger partial charge on any atom is -0.457 e. The molecule has 0 radical (unpaired) electrons. The Morgan fingerprint density at radius 3 is 1.96 bits per heavy atom. The molecule has 2 aromatic carbocycles. The van der Waals surface area contributed by atoms with Crippen molar-refractivity contribution < 1.29 is 4.74 Å². The first-order chi connectivity index (χ1) is 13.6. The maximum Gasteiger partial charge on any atom is 0.130 e. The molecule has 2 aromatic rings. The van der Waals surface area contributed by atoms with Gasteiger partial charge in [-0.3, -0.25) is 0 Å². The van der Waals surface area contributed by atoms with Crippen LogP contribution in [0.3, 0.4) is 0 Å². The fourth-order valence-corrected chi connectivity index (χ4v) is 5.43. The second-order valence-corrected chi connectivity index (χ2v) is 9.57. The minimum absolute atomic E-state index is 0.744. The third-order valence-electron chi connectivity index (χ3n) is 7.42. The van der Waals surface area contributed by atoms with Crippen LogP contribution in [0.15, 0.2) is 42.5 Å². The predicted octanol–water partition coefficient (Wildman–Crippen LogP) is 8.20. The van der Waals surface area contributed by atoms with Crippen molar-refractivity contribution in [3.63, 3.8) is 0 Å². The van der Waals surface area contributed by atoms with E-state index in [9.17, 15) is 0 Å². The molecule has 0 amide bonds. The van der Waals surface area contributed by atoms with E-state index in [-0.39, 0.29) is 0 Å². The van der Waals surface area contributed by atoms with Gasteiger partial charge in [-0.1, -0.05) is 44.0 Å². The molecular formula is C27H36O. The summed E-state index contributed by atoms with van der Waals surface area (Å²) in [5, 5.41) is 0. The molecule has 4 rings (SSSR count). The first-order valence-corrected chi connectivity index (χ1v) is 11.4. The highest BCUT2D eigenvalue weighted by atomic mass is 16.5. The Morgan fingerprint density at radius 1 is 0.714 bits per heavy atom. The summed E-state index contributed by atoms with van der Waals surface area (Å²) in [6.07, 6.45) is 11.5. The summed E-state index contributed by atoms with van der Waals surface area (Å²) in [6, 6.07) is 15.3. The number of hydrogen-bond acceptors (Lipinski definition) is 1. The molecule has 0 N–H and O–H groups in total. The molecule has 0 saturated heterocycles. The molecule has 1 heteroatoms. The Morgan fingerprint density at radius 2 is 1.32 bits per heavy atom. The van der Waals surface area contributed by atoms with Crippen LogP contribution in [0.2, 0.25) is 0 Å². The first-order valence-electron chi connectivity index (χ1n) is 11.4. The van der Waals surface area contributed by atoms with Gasteiger partial charge in [0.05, 0.1) is 0 Å². The number of hydrogen-bond donors (Lipinski definition) is 0. The highest BCUT2D eigenvalue weighted by Gasteiger charge is 2.30. The molecule has 0 aliphatic heterocycles. The van der Waals surface area contributed by atoms with Gasteiger partial charge in [0.15, 0.2) is 0 Å². The van der Waals surface area contributed by atoms with E-state index in [0.717, 1.165) is 35.2 Å². The van der Waals surface area contributed by atoms with Crippen LogP contribution < -0.4 is 4.74 Å². The lowest BCUT2D eigenvalue weighted by atomic mass is 9.68. The van der Waals surface area contributed by atoms with Gasteiger partial charge < -0.3 is 4.74 Å². The van der Waals surface area contributed by atoms with Gasteiger partial charge in [-0.05, 0) is 111 Å². The molecule has 2 aliphatic rings. The van der Waals surface area contributed by atoms with E-state index >= 15 is 0 Å². The topological polar surface area (TPSA) is 9.23 Å². The molecule has 0 heterocycles. The van der Waals surface area contributed by atoms with Crippen molar-refractivity contribution in [1.29, 1.82) is 0 Å². The average Bonchev–Trinajstić information content (AvgIpc) is 2.72. The Hall–Kier alpha value is -1.76. The van der Waals surface area contributed by atoms with Gasteiger partial charge in [0, 0.05) is 0 Å². The molecular weight excluding hydrogens is 340 g/mol. The van der Waals surface area contributed by atoms with Crippen LogP contribution in [0.4, 0.5) is 0 Å². The number of rotatable bonds is 4. The Balaban J connectivity index is 1.33. The van der Waals surface area contributed by atoms with Crippen molar-refractivity contribution in [2.24, 2.45) is 17.8 Å². The Bertz CT molecular complexity index is 759. The zero-order chi connectivity index (χ0) is 19.5. The second-order valence-electron chi connectivity index (χ2n) is 9.57. The van der Waals surface area contributed by atoms with E-state index in [1.54, 1.807) is 0 Å². The average molecular weight is 377 g/mol. The molecule has 150 valence electrons. The lowest BCUT2D eigenvalue weighted by molar-refractivity contribution is 0.165. The Labute approximate surface area is 171 Å². The lowest BCUT2D eigenvalue weighted by Gasteiger charge is -2.37. The second kappa shape index (κ2) is 8.72. The van der Waals surface area contributed by atoms with Crippen LogP contribution in [-0.4, -0.2) is 0 Å². The van der Waals surface area contributed by atoms with Gasteiger partial charge in [0.25, 0.3) is 0 Å². The van der Waals surface area contributed by atoms with E-state index in [1.807, 2.05) is 0 Å². The van der Waals surface area contributed by atoms with Crippen LogP contribution in [0.5, 0.6) is 11.5 Å². The molecule has 0 atom stereocenters. The van der Waals surface area contributed by atoms with E-state index < -0.39 is 0 Å². The molecule has 0 unspecified atom stereocenters. The van der Waals surface area contributed by atoms with Crippen molar-refractivity contribution in [2.45, 2.75) is 78.1 Å². The number of benzene rings is 2. The SMILES string of the molecule is Cc1ccc(C)c(Oc2ccc(C3CCC(C4CCC(C)CC4)CC3)cc2)c1. The van der Waals surface area contributed by atoms with E-state index in [2.05, 4.69) is 63.2 Å². The lowest BCUT2D eigenvalue weighted by Crippen LogP contribution is -2.24. The smallest absolute Gasteiger partial charge is 0.130 e. The van der Waals surface area contributed by atoms with E-state index in [0.29, 0.717) is 0 Å². The quantitative estimate of drug-likeness (QED) is 0.522. The van der Waals surface area contributed by atoms with Crippen molar-refractivity contribution in [2.75, 3.05) is 0 Å². The predicted molar refractivity (Wildman–Crippen MR) is 118 cm³/mol.